The van der Waals surface area contributed by atoms with Crippen molar-refractivity contribution in [3.8, 4) is 10.8 Å². The molecule has 1 aliphatic rings. The van der Waals surface area contributed by atoms with E-state index in [0.29, 0.717) is 6.04 Å². The summed E-state index contributed by atoms with van der Waals surface area (Å²) in [4.78, 5) is 7.08. The highest BCUT2D eigenvalue weighted by Crippen LogP contribution is 2.31. The van der Waals surface area contributed by atoms with Crippen LogP contribution in [0.4, 0.5) is 0 Å². The van der Waals surface area contributed by atoms with Crippen LogP contribution in [0, 0.1) is 0 Å². The SMILES string of the molecule is CN1CCCC1CNCc1ccc(-c2nc3ccccc3s2)o1. The molecule has 23 heavy (non-hydrogen) atoms. The van der Waals surface area contributed by atoms with Gasteiger partial charge in [0.25, 0.3) is 0 Å². The highest BCUT2D eigenvalue weighted by Gasteiger charge is 2.20. The Bertz CT molecular complexity index is 761. The van der Waals surface area contributed by atoms with Crippen LogP contribution < -0.4 is 5.32 Å². The van der Waals surface area contributed by atoms with Gasteiger partial charge in [0, 0.05) is 12.6 Å². The summed E-state index contributed by atoms with van der Waals surface area (Å²) >= 11 is 1.68. The third kappa shape index (κ3) is 3.17. The number of rotatable bonds is 5. The Kier molecular flexibility index (Phi) is 4.16. The molecule has 1 N–H and O–H groups in total. The summed E-state index contributed by atoms with van der Waals surface area (Å²) in [5.41, 5.74) is 1.04. The summed E-state index contributed by atoms with van der Waals surface area (Å²) in [6, 6.07) is 12.9. The van der Waals surface area contributed by atoms with Crippen LogP contribution in [-0.2, 0) is 6.54 Å². The van der Waals surface area contributed by atoms with E-state index in [1.54, 1.807) is 11.3 Å². The first kappa shape index (κ1) is 14.9. The molecule has 4 nitrogen and oxygen atoms in total. The molecule has 0 bridgehead atoms. The lowest BCUT2D eigenvalue weighted by molar-refractivity contribution is 0.297. The smallest absolute Gasteiger partial charge is 0.163 e. The number of para-hydroxylation sites is 1. The average molecular weight is 327 g/mol. The zero-order valence-corrected chi connectivity index (χ0v) is 14.1. The first-order valence-corrected chi connectivity index (χ1v) is 8.97. The van der Waals surface area contributed by atoms with E-state index in [1.807, 2.05) is 30.3 Å². The van der Waals surface area contributed by atoms with Crippen molar-refractivity contribution in [2.75, 3.05) is 20.1 Å². The Morgan fingerprint density at radius 1 is 1.30 bits per heavy atom. The minimum absolute atomic E-state index is 0.661. The van der Waals surface area contributed by atoms with Crippen LogP contribution >= 0.6 is 11.3 Å². The number of fused-ring (bicyclic) bond motifs is 1. The lowest BCUT2D eigenvalue weighted by Gasteiger charge is -2.19. The maximum Gasteiger partial charge on any atom is 0.163 e. The van der Waals surface area contributed by atoms with Crippen LogP contribution in [0.1, 0.15) is 18.6 Å². The summed E-state index contributed by atoms with van der Waals surface area (Å²) in [6.07, 6.45) is 2.60. The van der Waals surface area contributed by atoms with Crippen molar-refractivity contribution in [2.45, 2.75) is 25.4 Å². The summed E-state index contributed by atoms with van der Waals surface area (Å²) in [5.74, 6) is 1.83. The zero-order valence-electron chi connectivity index (χ0n) is 13.3. The molecule has 1 aromatic carbocycles. The number of hydrogen-bond acceptors (Lipinski definition) is 5. The molecule has 0 amide bonds. The number of likely N-dealkylation sites (N-methyl/N-ethyl adjacent to an activating group) is 1. The third-order valence-corrected chi connectivity index (χ3v) is 5.57. The van der Waals surface area contributed by atoms with Crippen molar-refractivity contribution < 1.29 is 4.42 Å². The predicted molar refractivity (Wildman–Crippen MR) is 94.7 cm³/mol. The third-order valence-electron chi connectivity index (χ3n) is 4.52. The number of thiazole rings is 1. The van der Waals surface area contributed by atoms with Gasteiger partial charge in [-0.15, -0.1) is 11.3 Å². The maximum absolute atomic E-state index is 5.96. The van der Waals surface area contributed by atoms with Crippen molar-refractivity contribution in [3.05, 3.63) is 42.2 Å². The Hall–Kier alpha value is -1.69. The number of benzene rings is 1. The van der Waals surface area contributed by atoms with Crippen LogP contribution in [0.5, 0.6) is 0 Å². The van der Waals surface area contributed by atoms with Gasteiger partial charge in [0.15, 0.2) is 10.8 Å². The molecule has 4 rings (SSSR count). The summed E-state index contributed by atoms with van der Waals surface area (Å²) < 4.78 is 7.16. The van der Waals surface area contributed by atoms with Gasteiger partial charge in [-0.3, -0.25) is 0 Å². The zero-order chi connectivity index (χ0) is 15.6. The normalized spacial score (nSPS) is 18.9. The van der Waals surface area contributed by atoms with E-state index < -0.39 is 0 Å². The van der Waals surface area contributed by atoms with Gasteiger partial charge < -0.3 is 14.6 Å². The molecule has 3 aromatic rings. The minimum atomic E-state index is 0.661. The van der Waals surface area contributed by atoms with E-state index in [0.717, 1.165) is 35.1 Å². The van der Waals surface area contributed by atoms with Crippen LogP contribution in [0.25, 0.3) is 21.0 Å². The number of nitrogens with one attached hydrogen (secondary N) is 1. The molecule has 0 saturated carbocycles. The molecular weight excluding hydrogens is 306 g/mol. The highest BCUT2D eigenvalue weighted by molar-refractivity contribution is 7.21. The number of nitrogens with zero attached hydrogens (tertiary/aromatic N) is 2. The van der Waals surface area contributed by atoms with Crippen molar-refractivity contribution in [2.24, 2.45) is 0 Å². The van der Waals surface area contributed by atoms with Crippen LogP contribution in [0.15, 0.2) is 40.8 Å². The van der Waals surface area contributed by atoms with Crippen LogP contribution in [0.3, 0.4) is 0 Å². The number of likely N-dealkylation sites (tertiary alicyclic amines) is 1. The number of hydrogen-bond donors (Lipinski definition) is 1. The Balaban J connectivity index is 1.40. The molecule has 5 heteroatoms. The largest absolute Gasteiger partial charge is 0.457 e. The fourth-order valence-corrected chi connectivity index (χ4v) is 4.09. The second-order valence-corrected chi connectivity index (χ2v) is 7.19. The molecule has 1 saturated heterocycles. The second kappa shape index (κ2) is 6.43. The van der Waals surface area contributed by atoms with E-state index in [2.05, 4.69) is 28.3 Å². The molecule has 0 spiro atoms. The van der Waals surface area contributed by atoms with Crippen molar-refractivity contribution in [3.63, 3.8) is 0 Å². The summed E-state index contributed by atoms with van der Waals surface area (Å²) in [5, 5.41) is 4.46. The average Bonchev–Trinajstić information content (AvgIpc) is 3.27. The molecule has 1 aliphatic heterocycles. The number of aromatic nitrogens is 1. The Morgan fingerprint density at radius 3 is 3.04 bits per heavy atom. The van der Waals surface area contributed by atoms with Gasteiger partial charge in [-0.2, -0.15) is 0 Å². The molecule has 1 fully saturated rings. The van der Waals surface area contributed by atoms with Crippen molar-refractivity contribution >= 4 is 21.6 Å². The van der Waals surface area contributed by atoms with Gasteiger partial charge >= 0.3 is 0 Å². The summed E-state index contributed by atoms with van der Waals surface area (Å²) in [7, 11) is 2.21. The van der Waals surface area contributed by atoms with E-state index in [1.165, 1.54) is 24.1 Å². The highest BCUT2D eigenvalue weighted by atomic mass is 32.1. The molecule has 1 atom stereocenters. The van der Waals surface area contributed by atoms with Gasteiger partial charge in [0.05, 0.1) is 16.8 Å². The van der Waals surface area contributed by atoms with E-state index in [4.69, 9.17) is 4.42 Å². The monoisotopic (exact) mass is 327 g/mol. The molecule has 120 valence electrons. The molecule has 2 aromatic heterocycles. The van der Waals surface area contributed by atoms with Crippen molar-refractivity contribution in [1.29, 1.82) is 0 Å². The molecule has 1 unspecified atom stereocenters. The lowest BCUT2D eigenvalue weighted by Crippen LogP contribution is -2.35. The Morgan fingerprint density at radius 2 is 2.22 bits per heavy atom. The van der Waals surface area contributed by atoms with E-state index in [-0.39, 0.29) is 0 Å². The topological polar surface area (TPSA) is 41.3 Å². The molecule has 0 radical (unpaired) electrons. The van der Waals surface area contributed by atoms with Gasteiger partial charge in [-0.1, -0.05) is 12.1 Å². The van der Waals surface area contributed by atoms with Gasteiger partial charge in [0.1, 0.15) is 5.76 Å². The molecule has 3 heterocycles. The summed E-state index contributed by atoms with van der Waals surface area (Å²) in [6.45, 7) is 3.01. The van der Waals surface area contributed by atoms with E-state index >= 15 is 0 Å². The fraction of sp³-hybridized carbons (Fsp3) is 0.389. The van der Waals surface area contributed by atoms with Gasteiger partial charge in [0.2, 0.25) is 0 Å². The van der Waals surface area contributed by atoms with Crippen molar-refractivity contribution in [1.82, 2.24) is 15.2 Å². The molecular formula is C18H21N3OS. The van der Waals surface area contributed by atoms with E-state index in [9.17, 15) is 0 Å². The predicted octanol–water partition coefficient (Wildman–Crippen LogP) is 3.74. The van der Waals surface area contributed by atoms with Crippen LogP contribution in [-0.4, -0.2) is 36.1 Å². The lowest BCUT2D eigenvalue weighted by atomic mass is 10.2. The second-order valence-electron chi connectivity index (χ2n) is 6.16. The first-order valence-electron chi connectivity index (χ1n) is 8.15. The van der Waals surface area contributed by atoms with Gasteiger partial charge in [-0.05, 0) is 50.7 Å². The number of furan rings is 1. The van der Waals surface area contributed by atoms with Crippen LogP contribution in [0.2, 0.25) is 0 Å². The quantitative estimate of drug-likeness (QED) is 0.775. The maximum atomic E-state index is 5.96. The first-order chi connectivity index (χ1) is 11.3. The van der Waals surface area contributed by atoms with Gasteiger partial charge in [-0.25, -0.2) is 4.98 Å². The minimum Gasteiger partial charge on any atom is -0.457 e. The molecule has 0 aliphatic carbocycles. The standard InChI is InChI=1S/C18H21N3OS/c1-21-10-4-5-13(21)11-19-12-14-8-9-16(22-14)18-20-15-6-2-3-7-17(15)23-18/h2-3,6-9,13,19H,4-5,10-12H2,1H3. The Labute approximate surface area is 140 Å². The fourth-order valence-electron chi connectivity index (χ4n) is 3.16.